The van der Waals surface area contributed by atoms with Crippen molar-refractivity contribution >= 4 is 12.4 Å². The predicted molar refractivity (Wildman–Crippen MR) is 77.4 cm³/mol. The van der Waals surface area contributed by atoms with Crippen molar-refractivity contribution in [2.75, 3.05) is 19.6 Å². The maximum Gasteiger partial charge on any atom is 0.243 e. The van der Waals surface area contributed by atoms with E-state index >= 15 is 0 Å². The Morgan fingerprint density at radius 1 is 1.42 bits per heavy atom. The van der Waals surface area contributed by atoms with E-state index in [1.54, 1.807) is 0 Å². The average Bonchev–Trinajstić information content (AvgIpc) is 2.95. The highest BCUT2D eigenvalue weighted by Crippen LogP contribution is 2.34. The topological polar surface area (TPSA) is 68.2 Å². The molecule has 110 valence electrons. The molecule has 2 atom stereocenters. The number of hydrogen-bond donors (Lipinski definition) is 1. The number of hydrogen-bond acceptors (Lipinski definition) is 5. The molecule has 0 saturated carbocycles. The van der Waals surface area contributed by atoms with E-state index in [-0.39, 0.29) is 23.9 Å². The maximum absolute atomic E-state index is 5.83. The van der Waals surface area contributed by atoms with Crippen LogP contribution in [0, 0.1) is 5.41 Å². The SMILES string of the molecule is CC(C)c1noc(C(C)N2CCC(C)(CN)C2)n1.Cl. The standard InChI is InChI=1S/C13H24N4O.ClH/c1-9(2)11-15-12(18-16-11)10(3)17-6-5-13(4,7-14)8-17;/h9-10H,5-8,14H2,1-4H3;1H. The van der Waals surface area contributed by atoms with Crippen LogP contribution in [-0.4, -0.2) is 34.7 Å². The summed E-state index contributed by atoms with van der Waals surface area (Å²) in [5, 5.41) is 4.03. The Labute approximate surface area is 121 Å². The minimum absolute atomic E-state index is 0. The third-order valence-corrected chi connectivity index (χ3v) is 3.96. The molecule has 1 aliphatic rings. The van der Waals surface area contributed by atoms with Gasteiger partial charge in [-0.1, -0.05) is 25.9 Å². The highest BCUT2D eigenvalue weighted by atomic mass is 35.5. The van der Waals surface area contributed by atoms with Gasteiger partial charge in [0.15, 0.2) is 5.82 Å². The molecule has 0 bridgehead atoms. The molecule has 1 aromatic rings. The molecule has 1 fully saturated rings. The Hall–Kier alpha value is -0.650. The molecular weight excluding hydrogens is 264 g/mol. The van der Waals surface area contributed by atoms with E-state index in [1.165, 1.54) is 0 Å². The van der Waals surface area contributed by atoms with Gasteiger partial charge in [0, 0.05) is 12.5 Å². The lowest BCUT2D eigenvalue weighted by Gasteiger charge is -2.25. The third-order valence-electron chi connectivity index (χ3n) is 3.96. The largest absolute Gasteiger partial charge is 0.338 e. The summed E-state index contributed by atoms with van der Waals surface area (Å²) in [5.74, 6) is 1.82. The minimum atomic E-state index is 0. The van der Waals surface area contributed by atoms with Gasteiger partial charge in [0.05, 0.1) is 6.04 Å². The van der Waals surface area contributed by atoms with Crippen molar-refractivity contribution in [3.8, 4) is 0 Å². The molecule has 2 N–H and O–H groups in total. The van der Waals surface area contributed by atoms with Gasteiger partial charge in [0.1, 0.15) is 0 Å². The number of aromatic nitrogens is 2. The quantitative estimate of drug-likeness (QED) is 0.921. The number of nitrogens with zero attached hydrogens (tertiary/aromatic N) is 3. The first-order valence-corrected chi connectivity index (χ1v) is 6.73. The molecule has 0 amide bonds. The summed E-state index contributed by atoms with van der Waals surface area (Å²) in [5.41, 5.74) is 6.07. The summed E-state index contributed by atoms with van der Waals surface area (Å²) in [4.78, 5) is 6.86. The zero-order valence-corrected chi connectivity index (χ0v) is 13.0. The lowest BCUT2D eigenvalue weighted by atomic mass is 9.90. The van der Waals surface area contributed by atoms with Gasteiger partial charge in [-0.05, 0) is 31.8 Å². The molecule has 1 saturated heterocycles. The van der Waals surface area contributed by atoms with Crippen LogP contribution in [0.2, 0.25) is 0 Å². The van der Waals surface area contributed by atoms with Crippen LogP contribution in [0.3, 0.4) is 0 Å². The van der Waals surface area contributed by atoms with Gasteiger partial charge in [-0.2, -0.15) is 4.98 Å². The zero-order chi connectivity index (χ0) is 13.3. The first-order chi connectivity index (χ1) is 8.45. The molecule has 0 aromatic carbocycles. The fraction of sp³-hybridized carbons (Fsp3) is 0.846. The smallest absolute Gasteiger partial charge is 0.243 e. The number of nitrogens with two attached hydrogens (primary N) is 1. The second-order valence-electron chi connectivity index (χ2n) is 6.06. The molecule has 2 rings (SSSR count). The van der Waals surface area contributed by atoms with Crippen molar-refractivity contribution in [1.82, 2.24) is 15.0 Å². The number of rotatable bonds is 4. The maximum atomic E-state index is 5.83. The predicted octanol–water partition coefficient (Wildman–Crippen LogP) is 2.35. The van der Waals surface area contributed by atoms with Gasteiger partial charge >= 0.3 is 0 Å². The van der Waals surface area contributed by atoms with E-state index in [0.717, 1.165) is 37.8 Å². The summed E-state index contributed by atoms with van der Waals surface area (Å²) < 4.78 is 5.37. The molecule has 6 heteroatoms. The van der Waals surface area contributed by atoms with Crippen LogP contribution in [0.4, 0.5) is 0 Å². The Kier molecular flexibility index (Phi) is 5.35. The average molecular weight is 289 g/mol. The molecule has 0 spiro atoms. The lowest BCUT2D eigenvalue weighted by molar-refractivity contribution is 0.188. The molecule has 19 heavy (non-hydrogen) atoms. The van der Waals surface area contributed by atoms with Gasteiger partial charge < -0.3 is 10.3 Å². The fourth-order valence-electron chi connectivity index (χ4n) is 2.37. The van der Waals surface area contributed by atoms with Crippen LogP contribution < -0.4 is 5.73 Å². The Balaban J connectivity index is 0.00000180. The van der Waals surface area contributed by atoms with E-state index in [4.69, 9.17) is 10.3 Å². The number of halogens is 1. The summed E-state index contributed by atoms with van der Waals surface area (Å²) in [6.45, 7) is 11.3. The fourth-order valence-corrected chi connectivity index (χ4v) is 2.37. The highest BCUT2D eigenvalue weighted by molar-refractivity contribution is 5.85. The van der Waals surface area contributed by atoms with E-state index in [0.29, 0.717) is 5.92 Å². The van der Waals surface area contributed by atoms with E-state index in [2.05, 4.69) is 42.7 Å². The van der Waals surface area contributed by atoms with Gasteiger partial charge in [-0.3, -0.25) is 4.90 Å². The first-order valence-electron chi connectivity index (χ1n) is 6.73. The van der Waals surface area contributed by atoms with Gasteiger partial charge in [0.25, 0.3) is 0 Å². The van der Waals surface area contributed by atoms with Gasteiger partial charge in [0.2, 0.25) is 5.89 Å². The van der Waals surface area contributed by atoms with Crippen LogP contribution in [-0.2, 0) is 0 Å². The van der Waals surface area contributed by atoms with Gasteiger partial charge in [-0.25, -0.2) is 0 Å². The Morgan fingerprint density at radius 2 is 2.11 bits per heavy atom. The Morgan fingerprint density at radius 3 is 2.58 bits per heavy atom. The van der Waals surface area contributed by atoms with Crippen LogP contribution >= 0.6 is 12.4 Å². The molecule has 2 unspecified atom stereocenters. The summed E-state index contributed by atoms with van der Waals surface area (Å²) >= 11 is 0. The van der Waals surface area contributed by atoms with Crippen molar-refractivity contribution < 1.29 is 4.52 Å². The molecular formula is C13H25ClN4O. The Bertz CT molecular complexity index is 409. The highest BCUT2D eigenvalue weighted by Gasteiger charge is 2.36. The van der Waals surface area contributed by atoms with Crippen LogP contribution in [0.1, 0.15) is 57.8 Å². The monoisotopic (exact) mass is 288 g/mol. The minimum Gasteiger partial charge on any atom is -0.338 e. The number of likely N-dealkylation sites (tertiary alicyclic amines) is 1. The van der Waals surface area contributed by atoms with Gasteiger partial charge in [-0.15, -0.1) is 12.4 Å². The van der Waals surface area contributed by atoms with Crippen LogP contribution in [0.15, 0.2) is 4.52 Å². The normalized spacial score (nSPS) is 25.6. The first kappa shape index (κ1) is 16.4. The molecule has 0 aliphatic carbocycles. The second kappa shape index (κ2) is 6.20. The lowest BCUT2D eigenvalue weighted by Crippen LogP contribution is -2.32. The van der Waals surface area contributed by atoms with Crippen molar-refractivity contribution in [3.63, 3.8) is 0 Å². The van der Waals surface area contributed by atoms with E-state index < -0.39 is 0 Å². The summed E-state index contributed by atoms with van der Waals surface area (Å²) in [6.07, 6.45) is 1.14. The van der Waals surface area contributed by atoms with Crippen LogP contribution in [0.25, 0.3) is 0 Å². The van der Waals surface area contributed by atoms with Crippen molar-refractivity contribution in [1.29, 1.82) is 0 Å². The third kappa shape index (κ3) is 3.46. The van der Waals surface area contributed by atoms with Crippen LogP contribution in [0.5, 0.6) is 0 Å². The van der Waals surface area contributed by atoms with Crippen molar-refractivity contribution in [3.05, 3.63) is 11.7 Å². The van der Waals surface area contributed by atoms with E-state index in [1.807, 2.05) is 0 Å². The molecule has 2 heterocycles. The summed E-state index contributed by atoms with van der Waals surface area (Å²) in [7, 11) is 0. The van der Waals surface area contributed by atoms with Crippen molar-refractivity contribution in [2.24, 2.45) is 11.1 Å². The zero-order valence-electron chi connectivity index (χ0n) is 12.2. The second-order valence-corrected chi connectivity index (χ2v) is 6.06. The van der Waals surface area contributed by atoms with Crippen molar-refractivity contribution in [2.45, 2.75) is 46.1 Å². The molecule has 1 aromatic heterocycles. The molecule has 1 aliphatic heterocycles. The molecule has 5 nitrogen and oxygen atoms in total. The molecule has 0 radical (unpaired) electrons. The van der Waals surface area contributed by atoms with E-state index in [9.17, 15) is 0 Å². The summed E-state index contributed by atoms with van der Waals surface area (Å²) in [6, 6.07) is 0.179.